The van der Waals surface area contributed by atoms with Crippen molar-refractivity contribution in [3.8, 4) is 0 Å². The summed E-state index contributed by atoms with van der Waals surface area (Å²) in [5.41, 5.74) is 2.40. The highest BCUT2D eigenvalue weighted by molar-refractivity contribution is 7.09. The molecule has 7 heteroatoms. The van der Waals surface area contributed by atoms with E-state index >= 15 is 0 Å². The first-order chi connectivity index (χ1) is 13.4. The molecule has 2 aliphatic rings. The zero-order valence-corrected chi connectivity index (χ0v) is 17.2. The Hall–Kier alpha value is -1.47. The molecule has 2 fully saturated rings. The summed E-state index contributed by atoms with van der Waals surface area (Å²) in [6.07, 6.45) is 3.77. The smallest absolute Gasteiger partial charge is 0.355 e. The quantitative estimate of drug-likeness (QED) is 0.734. The van der Waals surface area contributed by atoms with Gasteiger partial charge in [-0.2, -0.15) is 0 Å². The molecule has 0 bridgehead atoms. The van der Waals surface area contributed by atoms with Crippen molar-refractivity contribution in [3.05, 3.63) is 50.4 Å². The van der Waals surface area contributed by atoms with E-state index in [0.717, 1.165) is 41.3 Å². The van der Waals surface area contributed by atoms with Gasteiger partial charge in [0, 0.05) is 16.8 Å². The number of thiazole rings is 1. The first-order valence-electron chi connectivity index (χ1n) is 9.69. The van der Waals surface area contributed by atoms with Gasteiger partial charge in [-0.3, -0.25) is 0 Å². The number of benzene rings is 1. The van der Waals surface area contributed by atoms with Gasteiger partial charge < -0.3 is 14.9 Å². The number of carboxylic acids is 1. The number of aryl methyl sites for hydroxylation is 2. The number of nitrogens with zero attached hydrogens (tertiary/aromatic N) is 1. The minimum Gasteiger partial charge on any atom is -0.476 e. The second-order valence-electron chi connectivity index (χ2n) is 7.87. The Labute approximate surface area is 173 Å². The Bertz CT molecular complexity index is 870. The third-order valence-corrected chi connectivity index (χ3v) is 7.46. The molecule has 0 amide bonds. The zero-order valence-electron chi connectivity index (χ0n) is 15.7. The minimum atomic E-state index is -1.01. The third-order valence-electron chi connectivity index (χ3n) is 6.10. The van der Waals surface area contributed by atoms with Crippen LogP contribution in [0.25, 0.3) is 0 Å². The number of carbonyl (C=O) groups is 1. The lowest BCUT2D eigenvalue weighted by molar-refractivity contribution is -0.0794. The van der Waals surface area contributed by atoms with E-state index in [-0.39, 0.29) is 29.9 Å². The first kappa shape index (κ1) is 19.8. The lowest BCUT2D eigenvalue weighted by Crippen LogP contribution is -2.30. The molecule has 28 heavy (non-hydrogen) atoms. The van der Waals surface area contributed by atoms with Crippen LogP contribution in [-0.2, 0) is 11.2 Å². The van der Waals surface area contributed by atoms with Crippen LogP contribution in [0.15, 0.2) is 23.6 Å². The molecule has 1 aliphatic carbocycles. The third kappa shape index (κ3) is 3.96. The lowest BCUT2D eigenvalue weighted by atomic mass is 9.83. The number of aromatic carboxylic acids is 1. The Balaban J connectivity index is 1.39. The predicted molar refractivity (Wildman–Crippen MR) is 108 cm³/mol. The maximum atomic E-state index is 11.1. The van der Waals surface area contributed by atoms with Gasteiger partial charge in [-0.05, 0) is 61.6 Å². The maximum Gasteiger partial charge on any atom is 0.355 e. The number of fused-ring (bicyclic) bond motifs is 1. The summed E-state index contributed by atoms with van der Waals surface area (Å²) in [4.78, 5) is 15.3. The van der Waals surface area contributed by atoms with Gasteiger partial charge in [-0.1, -0.05) is 23.7 Å². The van der Waals surface area contributed by atoms with Crippen molar-refractivity contribution in [2.45, 2.75) is 57.3 Å². The highest BCUT2D eigenvalue weighted by atomic mass is 35.5. The Kier molecular flexibility index (Phi) is 5.74. The van der Waals surface area contributed by atoms with E-state index in [1.165, 1.54) is 16.9 Å². The fourth-order valence-corrected chi connectivity index (χ4v) is 5.63. The number of halogens is 1. The van der Waals surface area contributed by atoms with Crippen molar-refractivity contribution in [2.24, 2.45) is 11.8 Å². The molecule has 0 spiro atoms. The number of aliphatic hydroxyl groups excluding tert-OH is 1. The van der Waals surface area contributed by atoms with E-state index in [4.69, 9.17) is 21.4 Å². The van der Waals surface area contributed by atoms with Gasteiger partial charge in [0.2, 0.25) is 0 Å². The van der Waals surface area contributed by atoms with E-state index in [2.05, 4.69) is 17.1 Å². The summed E-state index contributed by atoms with van der Waals surface area (Å²) in [7, 11) is 0. The zero-order chi connectivity index (χ0) is 19.8. The Morgan fingerprint density at radius 2 is 2.21 bits per heavy atom. The molecular formula is C21H24ClNO4S. The molecule has 1 saturated carbocycles. The molecule has 0 unspecified atom stereocenters. The molecule has 5 atom stereocenters. The molecule has 2 heterocycles. The predicted octanol–water partition coefficient (Wildman–Crippen LogP) is 4.65. The first-order valence-corrected chi connectivity index (χ1v) is 11.0. The standard InChI is InChI=1S/C21H24ClNO4S/c1-11-8-12(3-6-15(11)22)2-4-13-14-5-7-18(27-19(14)9-17(13)24)20-23-16(10-28-20)21(25)26/h3,6,8,10,13-14,17-19,24H,2,4-5,7,9H2,1H3,(H,25,26)/t13-,14-,17+,18-,19+/m1/s1. The van der Waals surface area contributed by atoms with Crippen LogP contribution in [-0.4, -0.2) is 33.4 Å². The second kappa shape index (κ2) is 8.11. The normalized spacial score (nSPS) is 29.6. The van der Waals surface area contributed by atoms with Gasteiger partial charge >= 0.3 is 5.97 Å². The molecule has 150 valence electrons. The van der Waals surface area contributed by atoms with Gasteiger partial charge in [-0.15, -0.1) is 11.3 Å². The van der Waals surface area contributed by atoms with Crippen LogP contribution in [0.5, 0.6) is 0 Å². The summed E-state index contributed by atoms with van der Waals surface area (Å²) in [5, 5.41) is 22.8. The number of hydrogen-bond acceptors (Lipinski definition) is 5. The molecule has 0 radical (unpaired) electrons. The highest BCUT2D eigenvalue weighted by Crippen LogP contribution is 2.47. The van der Waals surface area contributed by atoms with Gasteiger partial charge in [0.15, 0.2) is 5.69 Å². The van der Waals surface area contributed by atoms with Crippen molar-refractivity contribution in [2.75, 3.05) is 0 Å². The molecule has 2 N–H and O–H groups in total. The number of carboxylic acid groups (broad SMARTS) is 1. The van der Waals surface area contributed by atoms with Crippen LogP contribution in [0.2, 0.25) is 5.02 Å². The highest BCUT2D eigenvalue weighted by Gasteiger charge is 2.46. The average Bonchev–Trinajstić information content (AvgIpc) is 3.27. The number of ether oxygens (including phenoxy) is 1. The SMILES string of the molecule is Cc1cc(CC[C@@H]2[C@H]3CC[C@H](c4nc(C(=O)O)cs4)O[C@H]3C[C@@H]2O)ccc1Cl. The topological polar surface area (TPSA) is 79.7 Å². The van der Waals surface area contributed by atoms with E-state index in [1.54, 1.807) is 5.38 Å². The van der Waals surface area contributed by atoms with Crippen molar-refractivity contribution in [1.82, 2.24) is 4.98 Å². The fraction of sp³-hybridized carbons (Fsp3) is 0.524. The molecule has 5 nitrogen and oxygen atoms in total. The molecule has 1 aromatic heterocycles. The van der Waals surface area contributed by atoms with E-state index < -0.39 is 5.97 Å². The minimum absolute atomic E-state index is 0.0166. The summed E-state index contributed by atoms with van der Waals surface area (Å²) in [6, 6.07) is 6.12. The Morgan fingerprint density at radius 3 is 2.93 bits per heavy atom. The molecule has 2 aromatic rings. The van der Waals surface area contributed by atoms with Crippen molar-refractivity contribution in [1.29, 1.82) is 0 Å². The van der Waals surface area contributed by atoms with Gasteiger partial charge in [0.1, 0.15) is 11.1 Å². The molecular weight excluding hydrogens is 398 g/mol. The fourth-order valence-electron chi connectivity index (χ4n) is 4.65. The number of hydrogen-bond donors (Lipinski definition) is 2. The molecule has 1 aromatic carbocycles. The molecule has 1 aliphatic heterocycles. The van der Waals surface area contributed by atoms with Crippen LogP contribution in [0.1, 0.15) is 58.4 Å². The van der Waals surface area contributed by atoms with Crippen molar-refractivity contribution < 1.29 is 19.7 Å². The lowest BCUT2D eigenvalue weighted by Gasteiger charge is -2.34. The van der Waals surface area contributed by atoms with Crippen molar-refractivity contribution in [3.63, 3.8) is 0 Å². The van der Waals surface area contributed by atoms with E-state index in [9.17, 15) is 9.90 Å². The van der Waals surface area contributed by atoms with Crippen LogP contribution in [0, 0.1) is 18.8 Å². The van der Waals surface area contributed by atoms with Crippen LogP contribution in [0.3, 0.4) is 0 Å². The van der Waals surface area contributed by atoms with Gasteiger partial charge in [0.05, 0.1) is 12.2 Å². The molecule has 4 rings (SSSR count). The average molecular weight is 422 g/mol. The largest absolute Gasteiger partial charge is 0.476 e. The summed E-state index contributed by atoms with van der Waals surface area (Å²) >= 11 is 7.45. The Morgan fingerprint density at radius 1 is 1.39 bits per heavy atom. The summed E-state index contributed by atoms with van der Waals surface area (Å²) in [5.74, 6) is -0.434. The number of rotatable bonds is 5. The van der Waals surface area contributed by atoms with Crippen LogP contribution >= 0.6 is 22.9 Å². The van der Waals surface area contributed by atoms with Gasteiger partial charge in [0.25, 0.3) is 0 Å². The van der Waals surface area contributed by atoms with Gasteiger partial charge in [-0.25, -0.2) is 9.78 Å². The second-order valence-corrected chi connectivity index (χ2v) is 9.17. The number of aromatic nitrogens is 1. The molecule has 1 saturated heterocycles. The van der Waals surface area contributed by atoms with Crippen LogP contribution in [0.4, 0.5) is 0 Å². The number of aliphatic hydroxyl groups is 1. The maximum absolute atomic E-state index is 11.1. The van der Waals surface area contributed by atoms with Crippen molar-refractivity contribution >= 4 is 28.9 Å². The monoisotopic (exact) mass is 421 g/mol. The summed E-state index contributed by atoms with van der Waals surface area (Å²) < 4.78 is 6.25. The van der Waals surface area contributed by atoms with Crippen LogP contribution < -0.4 is 0 Å². The van der Waals surface area contributed by atoms with E-state index in [1.807, 2.05) is 13.0 Å². The van der Waals surface area contributed by atoms with E-state index in [0.29, 0.717) is 12.3 Å². The summed E-state index contributed by atoms with van der Waals surface area (Å²) in [6.45, 7) is 2.01.